The van der Waals surface area contributed by atoms with Gasteiger partial charge in [-0.25, -0.2) is 4.68 Å². The predicted octanol–water partition coefficient (Wildman–Crippen LogP) is 1.98. The highest BCUT2D eigenvalue weighted by Gasteiger charge is 2.33. The van der Waals surface area contributed by atoms with Gasteiger partial charge in [0.05, 0.1) is 18.3 Å². The SMILES string of the molecule is CN(C)CCN(C)C(=O)c1cn(Cc2ccccc2C(F)(F)F)nn1. The van der Waals surface area contributed by atoms with Gasteiger partial charge in [0.15, 0.2) is 5.69 Å². The molecule has 0 atom stereocenters. The second-order valence-electron chi connectivity index (χ2n) is 5.99. The number of likely N-dealkylation sites (N-methyl/N-ethyl adjacent to an activating group) is 2. The lowest BCUT2D eigenvalue weighted by Crippen LogP contribution is -2.33. The number of rotatable bonds is 6. The maximum atomic E-state index is 13.0. The summed E-state index contributed by atoms with van der Waals surface area (Å²) in [5.41, 5.74) is -0.549. The monoisotopic (exact) mass is 355 g/mol. The Balaban J connectivity index is 2.11. The molecule has 0 N–H and O–H groups in total. The van der Waals surface area contributed by atoms with Gasteiger partial charge in [0, 0.05) is 20.1 Å². The number of carbonyl (C=O) groups is 1. The van der Waals surface area contributed by atoms with Crippen LogP contribution in [-0.4, -0.2) is 64.9 Å². The van der Waals surface area contributed by atoms with Crippen LogP contribution in [0.15, 0.2) is 30.5 Å². The number of amides is 1. The highest BCUT2D eigenvalue weighted by Crippen LogP contribution is 2.32. The number of benzene rings is 1. The summed E-state index contributed by atoms with van der Waals surface area (Å²) in [5, 5.41) is 7.55. The Kier molecular flexibility index (Phi) is 5.78. The first-order valence-electron chi connectivity index (χ1n) is 7.64. The number of hydrogen-bond acceptors (Lipinski definition) is 4. The summed E-state index contributed by atoms with van der Waals surface area (Å²) in [6.45, 7) is 1.09. The molecule has 9 heteroatoms. The molecule has 0 aliphatic carbocycles. The van der Waals surface area contributed by atoms with Crippen molar-refractivity contribution < 1.29 is 18.0 Å². The summed E-state index contributed by atoms with van der Waals surface area (Å²) in [4.78, 5) is 15.7. The summed E-state index contributed by atoms with van der Waals surface area (Å²) < 4.78 is 40.3. The van der Waals surface area contributed by atoms with Gasteiger partial charge in [0.25, 0.3) is 5.91 Å². The van der Waals surface area contributed by atoms with E-state index >= 15 is 0 Å². The number of nitrogens with zero attached hydrogens (tertiary/aromatic N) is 5. The molecule has 0 aliphatic heterocycles. The van der Waals surface area contributed by atoms with Gasteiger partial charge in [-0.15, -0.1) is 5.10 Å². The van der Waals surface area contributed by atoms with Crippen LogP contribution in [0.1, 0.15) is 21.6 Å². The van der Waals surface area contributed by atoms with E-state index in [2.05, 4.69) is 10.3 Å². The zero-order valence-corrected chi connectivity index (χ0v) is 14.3. The summed E-state index contributed by atoms with van der Waals surface area (Å²) in [6, 6.07) is 5.27. The van der Waals surface area contributed by atoms with E-state index in [9.17, 15) is 18.0 Å². The van der Waals surface area contributed by atoms with Crippen molar-refractivity contribution in [3.05, 3.63) is 47.3 Å². The van der Waals surface area contributed by atoms with Gasteiger partial charge >= 0.3 is 6.18 Å². The quantitative estimate of drug-likeness (QED) is 0.795. The van der Waals surface area contributed by atoms with E-state index < -0.39 is 11.7 Å². The third-order valence-electron chi connectivity index (χ3n) is 3.64. The minimum Gasteiger partial charge on any atom is -0.339 e. The molecule has 2 aromatic rings. The van der Waals surface area contributed by atoms with E-state index in [0.717, 1.165) is 6.07 Å². The van der Waals surface area contributed by atoms with Crippen LogP contribution in [0.3, 0.4) is 0 Å². The van der Waals surface area contributed by atoms with E-state index in [-0.39, 0.29) is 23.7 Å². The minimum absolute atomic E-state index is 0.0693. The van der Waals surface area contributed by atoms with Crippen molar-refractivity contribution in [2.45, 2.75) is 12.7 Å². The lowest BCUT2D eigenvalue weighted by Gasteiger charge is -2.18. The summed E-state index contributed by atoms with van der Waals surface area (Å²) in [7, 11) is 5.43. The molecule has 0 aliphatic rings. The summed E-state index contributed by atoms with van der Waals surface area (Å²) in [5.74, 6) is -0.322. The van der Waals surface area contributed by atoms with Crippen LogP contribution in [0.2, 0.25) is 0 Å². The van der Waals surface area contributed by atoms with Crippen LogP contribution in [-0.2, 0) is 12.7 Å². The number of alkyl halides is 3. The van der Waals surface area contributed by atoms with Crippen LogP contribution in [0.4, 0.5) is 13.2 Å². The van der Waals surface area contributed by atoms with Gasteiger partial charge in [-0.1, -0.05) is 23.4 Å². The fourth-order valence-electron chi connectivity index (χ4n) is 2.23. The Bertz CT molecular complexity index is 727. The van der Waals surface area contributed by atoms with Crippen LogP contribution in [0.5, 0.6) is 0 Å². The Morgan fingerprint density at radius 1 is 1.16 bits per heavy atom. The zero-order valence-electron chi connectivity index (χ0n) is 14.3. The molecule has 136 valence electrons. The standard InChI is InChI=1S/C16H20F3N5O/c1-22(2)8-9-23(3)15(25)14-11-24(21-20-14)10-12-6-4-5-7-13(12)16(17,18)19/h4-7,11H,8-10H2,1-3H3. The van der Waals surface area contributed by atoms with E-state index in [4.69, 9.17) is 0 Å². The fourth-order valence-corrected chi connectivity index (χ4v) is 2.23. The third-order valence-corrected chi connectivity index (χ3v) is 3.64. The van der Waals surface area contributed by atoms with E-state index in [1.54, 1.807) is 7.05 Å². The number of aromatic nitrogens is 3. The maximum absolute atomic E-state index is 13.0. The first kappa shape index (κ1) is 18.9. The maximum Gasteiger partial charge on any atom is 0.416 e. The second-order valence-corrected chi connectivity index (χ2v) is 5.99. The topological polar surface area (TPSA) is 54.3 Å². The zero-order chi connectivity index (χ0) is 18.6. The van der Waals surface area contributed by atoms with Crippen LogP contribution in [0.25, 0.3) is 0 Å². The molecule has 6 nitrogen and oxygen atoms in total. The molecular formula is C16H20F3N5O. The summed E-state index contributed by atoms with van der Waals surface area (Å²) >= 11 is 0. The number of halogens is 3. The smallest absolute Gasteiger partial charge is 0.339 e. The average Bonchev–Trinajstić information content (AvgIpc) is 2.99. The van der Waals surface area contributed by atoms with Crippen molar-refractivity contribution >= 4 is 5.91 Å². The van der Waals surface area contributed by atoms with Crippen molar-refractivity contribution in [2.24, 2.45) is 0 Å². The lowest BCUT2D eigenvalue weighted by molar-refractivity contribution is -0.138. The van der Waals surface area contributed by atoms with Crippen molar-refractivity contribution in [3.63, 3.8) is 0 Å². The van der Waals surface area contributed by atoms with Gasteiger partial charge in [-0.2, -0.15) is 13.2 Å². The van der Waals surface area contributed by atoms with Crippen LogP contribution in [0, 0.1) is 0 Å². The predicted molar refractivity (Wildman–Crippen MR) is 86.1 cm³/mol. The Morgan fingerprint density at radius 3 is 2.48 bits per heavy atom. The summed E-state index contributed by atoms with van der Waals surface area (Å²) in [6.07, 6.45) is -3.08. The van der Waals surface area contributed by atoms with Crippen LogP contribution >= 0.6 is 0 Å². The van der Waals surface area contributed by atoms with E-state index in [0.29, 0.717) is 13.1 Å². The average molecular weight is 355 g/mol. The van der Waals surface area contributed by atoms with Crippen LogP contribution < -0.4 is 0 Å². The van der Waals surface area contributed by atoms with Crippen molar-refractivity contribution in [2.75, 3.05) is 34.2 Å². The molecule has 0 saturated heterocycles. The molecule has 1 heterocycles. The van der Waals surface area contributed by atoms with Crippen molar-refractivity contribution in [3.8, 4) is 0 Å². The third kappa shape index (κ3) is 5.02. The Hall–Kier alpha value is -2.42. The van der Waals surface area contributed by atoms with Gasteiger partial charge in [-0.3, -0.25) is 4.79 Å². The molecule has 1 aromatic carbocycles. The molecule has 0 bridgehead atoms. The first-order chi connectivity index (χ1) is 11.7. The van der Waals surface area contributed by atoms with Gasteiger partial charge in [0.1, 0.15) is 0 Å². The second kappa shape index (κ2) is 7.64. The van der Waals surface area contributed by atoms with Gasteiger partial charge < -0.3 is 9.80 Å². The lowest BCUT2D eigenvalue weighted by atomic mass is 10.1. The number of carbonyl (C=O) groups excluding carboxylic acids is 1. The normalized spacial score (nSPS) is 11.8. The minimum atomic E-state index is -4.44. The molecule has 0 radical (unpaired) electrons. The molecule has 25 heavy (non-hydrogen) atoms. The molecule has 0 unspecified atom stereocenters. The van der Waals surface area contributed by atoms with E-state index in [1.165, 1.54) is 34.0 Å². The fraction of sp³-hybridized carbons (Fsp3) is 0.438. The molecule has 0 saturated carbocycles. The van der Waals surface area contributed by atoms with Gasteiger partial charge in [0.2, 0.25) is 0 Å². The van der Waals surface area contributed by atoms with Crippen molar-refractivity contribution in [1.82, 2.24) is 24.8 Å². The number of hydrogen-bond donors (Lipinski definition) is 0. The molecule has 1 aromatic heterocycles. The van der Waals surface area contributed by atoms with Crippen molar-refractivity contribution in [1.29, 1.82) is 0 Å². The molecule has 0 spiro atoms. The molecule has 2 rings (SSSR count). The largest absolute Gasteiger partial charge is 0.416 e. The molecular weight excluding hydrogens is 335 g/mol. The van der Waals surface area contributed by atoms with Gasteiger partial charge in [-0.05, 0) is 25.7 Å². The Labute approximate surface area is 143 Å². The van der Waals surface area contributed by atoms with E-state index in [1.807, 2.05) is 19.0 Å². The first-order valence-corrected chi connectivity index (χ1v) is 7.64. The Morgan fingerprint density at radius 2 is 1.84 bits per heavy atom. The highest BCUT2D eigenvalue weighted by molar-refractivity contribution is 5.91. The highest BCUT2D eigenvalue weighted by atomic mass is 19.4. The molecule has 1 amide bonds. The molecule has 0 fully saturated rings.